The van der Waals surface area contributed by atoms with Crippen molar-refractivity contribution in [3.8, 4) is 0 Å². The van der Waals surface area contributed by atoms with Gasteiger partial charge >= 0.3 is 5.97 Å². The van der Waals surface area contributed by atoms with Crippen molar-refractivity contribution >= 4 is 33.9 Å². The van der Waals surface area contributed by atoms with Crippen LogP contribution in [-0.2, 0) is 19.1 Å². The van der Waals surface area contributed by atoms with Gasteiger partial charge in [0.05, 0.1) is 6.10 Å². The van der Waals surface area contributed by atoms with Gasteiger partial charge in [-0.3, -0.25) is 4.79 Å². The third-order valence-electron chi connectivity index (χ3n) is 2.87. The van der Waals surface area contributed by atoms with Gasteiger partial charge in [-0.2, -0.15) is 0 Å². The summed E-state index contributed by atoms with van der Waals surface area (Å²) in [5, 5.41) is 2.67. The minimum absolute atomic E-state index is 0.0712. The molecule has 21 heavy (non-hydrogen) atoms. The number of carbonyl (C=O) groups excluding carboxylic acids is 2. The van der Waals surface area contributed by atoms with E-state index < -0.39 is 5.97 Å². The first-order chi connectivity index (χ1) is 10.1. The Hall–Kier alpha value is -1.60. The van der Waals surface area contributed by atoms with E-state index in [9.17, 15) is 9.59 Å². The molecule has 6 nitrogen and oxygen atoms in total. The molecule has 2 rings (SSSR count). The Morgan fingerprint density at radius 1 is 1.48 bits per heavy atom. The summed E-state index contributed by atoms with van der Waals surface area (Å²) in [5.41, 5.74) is 0. The molecule has 0 aromatic carbocycles. The van der Waals surface area contributed by atoms with Crippen LogP contribution in [0.3, 0.4) is 0 Å². The maximum absolute atomic E-state index is 11.5. The first kappa shape index (κ1) is 15.8. The van der Waals surface area contributed by atoms with Crippen molar-refractivity contribution < 1.29 is 23.5 Å². The summed E-state index contributed by atoms with van der Waals surface area (Å²) in [5.74, 6) is -0.426. The number of halogens is 1. The zero-order valence-corrected chi connectivity index (χ0v) is 12.9. The Morgan fingerprint density at radius 2 is 2.33 bits per heavy atom. The molecule has 1 amide bonds. The Bertz CT molecular complexity index is 519. The number of furan rings is 1. The summed E-state index contributed by atoms with van der Waals surface area (Å²) >= 11 is 3.15. The molecule has 0 saturated carbocycles. The number of amides is 1. The Morgan fingerprint density at radius 3 is 3.00 bits per heavy atom. The van der Waals surface area contributed by atoms with E-state index in [1.54, 1.807) is 12.1 Å². The van der Waals surface area contributed by atoms with E-state index in [1.807, 2.05) is 0 Å². The molecule has 2 heterocycles. The molecule has 0 spiro atoms. The molecule has 1 fully saturated rings. The topological polar surface area (TPSA) is 77.8 Å². The van der Waals surface area contributed by atoms with Crippen molar-refractivity contribution in [1.29, 1.82) is 0 Å². The highest BCUT2D eigenvalue weighted by molar-refractivity contribution is 9.10. The van der Waals surface area contributed by atoms with Crippen LogP contribution in [0.5, 0.6) is 0 Å². The second-order valence-electron chi connectivity index (χ2n) is 4.52. The Balaban J connectivity index is 1.63. The third kappa shape index (κ3) is 5.73. The van der Waals surface area contributed by atoms with Crippen LogP contribution in [0, 0.1) is 0 Å². The summed E-state index contributed by atoms with van der Waals surface area (Å²) < 4.78 is 15.9. The largest absolute Gasteiger partial charge is 0.452 e. The third-order valence-corrected chi connectivity index (χ3v) is 3.30. The minimum Gasteiger partial charge on any atom is -0.452 e. The molecule has 0 unspecified atom stereocenters. The number of hydrogen-bond acceptors (Lipinski definition) is 5. The van der Waals surface area contributed by atoms with Gasteiger partial charge in [0.1, 0.15) is 5.76 Å². The van der Waals surface area contributed by atoms with Crippen LogP contribution in [0.25, 0.3) is 6.08 Å². The second-order valence-corrected chi connectivity index (χ2v) is 5.30. The van der Waals surface area contributed by atoms with E-state index in [-0.39, 0.29) is 18.6 Å². The smallest absolute Gasteiger partial charge is 0.331 e. The van der Waals surface area contributed by atoms with Gasteiger partial charge in [-0.05, 0) is 47.0 Å². The number of esters is 1. The predicted octanol–water partition coefficient (Wildman–Crippen LogP) is 1.89. The fraction of sp³-hybridized carbons (Fsp3) is 0.429. The summed E-state index contributed by atoms with van der Waals surface area (Å²) in [7, 11) is 0. The average Bonchev–Trinajstić information content (AvgIpc) is 3.12. The van der Waals surface area contributed by atoms with E-state index in [0.29, 0.717) is 17.0 Å². The van der Waals surface area contributed by atoms with Gasteiger partial charge in [-0.25, -0.2) is 4.79 Å². The average molecular weight is 358 g/mol. The van der Waals surface area contributed by atoms with Gasteiger partial charge in [-0.15, -0.1) is 0 Å². The highest BCUT2D eigenvalue weighted by Crippen LogP contribution is 2.15. The molecule has 1 aliphatic rings. The lowest BCUT2D eigenvalue weighted by atomic mass is 10.2. The molecule has 0 bridgehead atoms. The Labute approximate surface area is 130 Å². The molecule has 1 aromatic rings. The van der Waals surface area contributed by atoms with Crippen molar-refractivity contribution in [1.82, 2.24) is 5.32 Å². The van der Waals surface area contributed by atoms with Crippen LogP contribution in [-0.4, -0.2) is 37.7 Å². The first-order valence-electron chi connectivity index (χ1n) is 6.62. The van der Waals surface area contributed by atoms with Crippen LogP contribution < -0.4 is 5.32 Å². The van der Waals surface area contributed by atoms with Gasteiger partial charge in [-0.1, -0.05) is 0 Å². The number of ether oxygens (including phenoxy) is 2. The lowest BCUT2D eigenvalue weighted by Crippen LogP contribution is -2.34. The molecule has 0 aliphatic carbocycles. The second kappa shape index (κ2) is 7.99. The van der Waals surface area contributed by atoms with Crippen LogP contribution in [0.1, 0.15) is 18.6 Å². The number of hydrogen-bond donors (Lipinski definition) is 1. The normalized spacial score (nSPS) is 18.0. The fourth-order valence-electron chi connectivity index (χ4n) is 1.84. The highest BCUT2D eigenvalue weighted by atomic mass is 79.9. The van der Waals surface area contributed by atoms with Crippen LogP contribution in [0.4, 0.5) is 0 Å². The number of nitrogens with one attached hydrogen (secondary N) is 1. The molecule has 1 N–H and O–H groups in total. The lowest BCUT2D eigenvalue weighted by molar-refractivity contribution is -0.143. The molecule has 1 saturated heterocycles. The van der Waals surface area contributed by atoms with E-state index in [4.69, 9.17) is 13.9 Å². The summed E-state index contributed by atoms with van der Waals surface area (Å²) in [6.07, 6.45) is 4.71. The number of rotatable bonds is 6. The van der Waals surface area contributed by atoms with Crippen molar-refractivity contribution in [2.45, 2.75) is 18.9 Å². The molecule has 1 aliphatic heterocycles. The van der Waals surface area contributed by atoms with E-state index in [1.165, 1.54) is 12.2 Å². The van der Waals surface area contributed by atoms with Crippen LogP contribution >= 0.6 is 15.9 Å². The quantitative estimate of drug-likeness (QED) is 0.621. The predicted molar refractivity (Wildman–Crippen MR) is 78.4 cm³/mol. The van der Waals surface area contributed by atoms with E-state index in [0.717, 1.165) is 19.4 Å². The highest BCUT2D eigenvalue weighted by Gasteiger charge is 2.16. The van der Waals surface area contributed by atoms with Gasteiger partial charge in [0.2, 0.25) is 0 Å². The summed E-state index contributed by atoms with van der Waals surface area (Å²) in [6.45, 7) is 0.883. The van der Waals surface area contributed by atoms with Crippen molar-refractivity contribution in [2.75, 3.05) is 19.8 Å². The SMILES string of the molecule is O=C(COC(=O)/C=C/c1ccc(Br)o1)NC[C@@H]1CCCO1. The maximum Gasteiger partial charge on any atom is 0.331 e. The van der Waals surface area contributed by atoms with Gasteiger partial charge in [0.15, 0.2) is 11.3 Å². The summed E-state index contributed by atoms with van der Waals surface area (Å²) in [6, 6.07) is 3.41. The van der Waals surface area contributed by atoms with Crippen molar-refractivity contribution in [3.05, 3.63) is 28.6 Å². The van der Waals surface area contributed by atoms with Gasteiger partial charge in [0, 0.05) is 19.2 Å². The van der Waals surface area contributed by atoms with E-state index in [2.05, 4.69) is 21.2 Å². The van der Waals surface area contributed by atoms with Gasteiger partial charge < -0.3 is 19.2 Å². The number of carbonyl (C=O) groups is 2. The molecule has 114 valence electrons. The van der Waals surface area contributed by atoms with E-state index >= 15 is 0 Å². The Kier molecular flexibility index (Phi) is 6.01. The van der Waals surface area contributed by atoms with Crippen molar-refractivity contribution in [3.63, 3.8) is 0 Å². The lowest BCUT2D eigenvalue weighted by Gasteiger charge is -2.10. The molecular formula is C14H16BrNO5. The standard InChI is InChI=1S/C14H16BrNO5/c15-12-5-3-10(21-12)4-6-14(18)20-9-13(17)16-8-11-2-1-7-19-11/h3-6,11H,1-2,7-9H2,(H,16,17)/b6-4+/t11-/m0/s1. The van der Waals surface area contributed by atoms with Crippen LogP contribution in [0.15, 0.2) is 27.3 Å². The molecule has 1 atom stereocenters. The van der Waals surface area contributed by atoms with Gasteiger partial charge in [0.25, 0.3) is 5.91 Å². The fourth-order valence-corrected chi connectivity index (χ4v) is 2.16. The molecule has 7 heteroatoms. The monoisotopic (exact) mass is 357 g/mol. The molecular weight excluding hydrogens is 342 g/mol. The van der Waals surface area contributed by atoms with Crippen molar-refractivity contribution in [2.24, 2.45) is 0 Å². The summed E-state index contributed by atoms with van der Waals surface area (Å²) in [4.78, 5) is 22.9. The minimum atomic E-state index is -0.602. The zero-order valence-electron chi connectivity index (χ0n) is 11.3. The maximum atomic E-state index is 11.5. The molecule has 0 radical (unpaired) electrons. The molecule has 1 aromatic heterocycles. The zero-order chi connectivity index (χ0) is 15.1. The van der Waals surface area contributed by atoms with Crippen LogP contribution in [0.2, 0.25) is 0 Å². The first-order valence-corrected chi connectivity index (χ1v) is 7.41.